The van der Waals surface area contributed by atoms with Gasteiger partial charge in [0.15, 0.2) is 0 Å². The maximum absolute atomic E-state index is 11.4. The lowest BCUT2D eigenvalue weighted by atomic mass is 10.1. The lowest BCUT2D eigenvalue weighted by Gasteiger charge is -2.10. The third-order valence-electron chi connectivity index (χ3n) is 3.79. The molecule has 0 spiro atoms. The largest absolute Gasteiger partial charge is 0.478 e. The van der Waals surface area contributed by atoms with E-state index < -0.39 is 5.97 Å². The van der Waals surface area contributed by atoms with Crippen LogP contribution in [0.2, 0.25) is 0 Å². The van der Waals surface area contributed by atoms with Gasteiger partial charge in [-0.1, -0.05) is 31.0 Å². The molecule has 1 aliphatic rings. The van der Waals surface area contributed by atoms with Crippen molar-refractivity contribution < 1.29 is 14.3 Å². The first-order valence-electron chi connectivity index (χ1n) is 6.73. The van der Waals surface area contributed by atoms with Gasteiger partial charge < -0.3 is 14.8 Å². The van der Waals surface area contributed by atoms with Crippen molar-refractivity contribution in [1.82, 2.24) is 5.32 Å². The fraction of sp³-hybridized carbons (Fsp3) is 0.400. The molecule has 1 aromatic carbocycles. The van der Waals surface area contributed by atoms with E-state index in [1.54, 1.807) is 12.1 Å². The number of benzene rings is 1. The highest BCUT2D eigenvalue weighted by atomic mass is 16.4. The Kier molecular flexibility index (Phi) is 3.25. The van der Waals surface area contributed by atoms with Gasteiger partial charge in [-0.2, -0.15) is 0 Å². The van der Waals surface area contributed by atoms with Gasteiger partial charge >= 0.3 is 5.97 Å². The zero-order chi connectivity index (χ0) is 13.2. The first-order valence-corrected chi connectivity index (χ1v) is 6.73. The highest BCUT2D eigenvalue weighted by Crippen LogP contribution is 2.26. The van der Waals surface area contributed by atoms with Gasteiger partial charge in [-0.05, 0) is 18.9 Å². The van der Waals surface area contributed by atoms with Crippen LogP contribution in [0.3, 0.4) is 0 Å². The van der Waals surface area contributed by atoms with Crippen molar-refractivity contribution in [1.29, 1.82) is 0 Å². The Morgan fingerprint density at radius 1 is 1.32 bits per heavy atom. The predicted molar refractivity (Wildman–Crippen MR) is 72.3 cm³/mol. The standard InChI is InChI=1S/C15H17NO3/c17-15(18)14-11-7-3-4-8-12(11)19-13(14)9-16-10-5-1-2-6-10/h3-4,7-8,10,16H,1-2,5-6,9H2,(H,17,18). The number of fused-ring (bicyclic) bond motifs is 1. The highest BCUT2D eigenvalue weighted by Gasteiger charge is 2.21. The second-order valence-corrected chi connectivity index (χ2v) is 5.06. The molecular weight excluding hydrogens is 242 g/mol. The van der Waals surface area contributed by atoms with Crippen LogP contribution in [-0.2, 0) is 6.54 Å². The summed E-state index contributed by atoms with van der Waals surface area (Å²) >= 11 is 0. The van der Waals surface area contributed by atoms with Crippen LogP contribution in [0.15, 0.2) is 28.7 Å². The minimum atomic E-state index is -0.923. The van der Waals surface area contributed by atoms with E-state index in [0.717, 1.165) is 0 Å². The molecule has 1 aromatic heterocycles. The average Bonchev–Trinajstić information content (AvgIpc) is 3.03. The molecule has 19 heavy (non-hydrogen) atoms. The van der Waals surface area contributed by atoms with Gasteiger partial charge in [-0.15, -0.1) is 0 Å². The van der Waals surface area contributed by atoms with Gasteiger partial charge in [0, 0.05) is 11.4 Å². The monoisotopic (exact) mass is 259 g/mol. The quantitative estimate of drug-likeness (QED) is 0.885. The smallest absolute Gasteiger partial charge is 0.339 e. The molecule has 1 fully saturated rings. The maximum atomic E-state index is 11.4. The number of aromatic carboxylic acids is 1. The first kappa shape index (κ1) is 12.2. The zero-order valence-corrected chi connectivity index (χ0v) is 10.7. The van der Waals surface area contributed by atoms with Crippen molar-refractivity contribution >= 4 is 16.9 Å². The molecule has 1 aliphatic carbocycles. The Balaban J connectivity index is 1.88. The van der Waals surface area contributed by atoms with Crippen molar-refractivity contribution in [2.45, 2.75) is 38.3 Å². The van der Waals surface area contributed by atoms with Crippen LogP contribution in [-0.4, -0.2) is 17.1 Å². The van der Waals surface area contributed by atoms with Gasteiger partial charge in [-0.3, -0.25) is 0 Å². The summed E-state index contributed by atoms with van der Waals surface area (Å²) in [6.07, 6.45) is 4.85. The molecule has 1 heterocycles. The molecule has 2 N–H and O–H groups in total. The Morgan fingerprint density at radius 3 is 2.79 bits per heavy atom. The van der Waals surface area contributed by atoms with Crippen molar-refractivity contribution in [3.63, 3.8) is 0 Å². The van der Waals surface area contributed by atoms with E-state index in [0.29, 0.717) is 34.9 Å². The third kappa shape index (κ3) is 2.36. The molecule has 0 atom stereocenters. The van der Waals surface area contributed by atoms with Crippen LogP contribution in [0.1, 0.15) is 41.8 Å². The number of nitrogens with one attached hydrogen (secondary N) is 1. The fourth-order valence-electron chi connectivity index (χ4n) is 2.82. The molecule has 100 valence electrons. The van der Waals surface area contributed by atoms with E-state index in [2.05, 4.69) is 5.32 Å². The van der Waals surface area contributed by atoms with Crippen LogP contribution in [0.25, 0.3) is 11.0 Å². The zero-order valence-electron chi connectivity index (χ0n) is 10.7. The number of furan rings is 1. The average molecular weight is 259 g/mol. The Hall–Kier alpha value is -1.81. The number of hydrogen-bond acceptors (Lipinski definition) is 3. The SMILES string of the molecule is O=C(O)c1c(CNC2CCCC2)oc2ccccc12. The van der Waals surface area contributed by atoms with Crippen LogP contribution in [0.5, 0.6) is 0 Å². The summed E-state index contributed by atoms with van der Waals surface area (Å²) < 4.78 is 5.68. The molecular formula is C15H17NO3. The molecule has 0 aliphatic heterocycles. The minimum Gasteiger partial charge on any atom is -0.478 e. The number of rotatable bonds is 4. The fourth-order valence-corrected chi connectivity index (χ4v) is 2.82. The summed E-state index contributed by atoms with van der Waals surface area (Å²) in [6, 6.07) is 7.78. The van der Waals surface area contributed by atoms with E-state index in [1.807, 2.05) is 12.1 Å². The van der Waals surface area contributed by atoms with E-state index in [4.69, 9.17) is 4.42 Å². The lowest BCUT2D eigenvalue weighted by molar-refractivity contribution is 0.0696. The third-order valence-corrected chi connectivity index (χ3v) is 3.79. The van der Waals surface area contributed by atoms with Gasteiger partial charge in [0.2, 0.25) is 0 Å². The van der Waals surface area contributed by atoms with Gasteiger partial charge in [0.1, 0.15) is 16.9 Å². The van der Waals surface area contributed by atoms with Crippen molar-refractivity contribution in [3.8, 4) is 0 Å². The molecule has 0 amide bonds. The van der Waals surface area contributed by atoms with Crippen LogP contribution in [0.4, 0.5) is 0 Å². The van der Waals surface area contributed by atoms with Crippen LogP contribution < -0.4 is 5.32 Å². The molecule has 4 heteroatoms. The number of hydrogen-bond donors (Lipinski definition) is 2. The topological polar surface area (TPSA) is 62.5 Å². The normalized spacial score (nSPS) is 16.2. The summed E-state index contributed by atoms with van der Waals surface area (Å²) in [5.74, 6) is -0.395. The van der Waals surface area contributed by atoms with Gasteiger partial charge in [-0.25, -0.2) is 4.79 Å². The molecule has 0 unspecified atom stereocenters. The number of carbonyl (C=O) groups is 1. The van der Waals surface area contributed by atoms with Crippen molar-refractivity contribution in [3.05, 3.63) is 35.6 Å². The molecule has 1 saturated carbocycles. The molecule has 2 aromatic rings. The van der Waals surface area contributed by atoms with E-state index in [9.17, 15) is 9.90 Å². The van der Waals surface area contributed by atoms with E-state index in [1.165, 1.54) is 25.7 Å². The number of carboxylic acids is 1. The molecule has 3 rings (SSSR count). The summed E-state index contributed by atoms with van der Waals surface area (Å²) in [7, 11) is 0. The summed E-state index contributed by atoms with van der Waals surface area (Å²) in [4.78, 5) is 11.4. The van der Waals surface area contributed by atoms with Crippen molar-refractivity contribution in [2.24, 2.45) is 0 Å². The van der Waals surface area contributed by atoms with Crippen molar-refractivity contribution in [2.75, 3.05) is 0 Å². The predicted octanol–water partition coefficient (Wildman–Crippen LogP) is 3.16. The Labute approximate surface area is 111 Å². The molecule has 4 nitrogen and oxygen atoms in total. The highest BCUT2D eigenvalue weighted by molar-refractivity contribution is 6.03. The number of carboxylic acid groups (broad SMARTS) is 1. The second-order valence-electron chi connectivity index (χ2n) is 5.06. The summed E-state index contributed by atoms with van der Waals surface area (Å²) in [5, 5.41) is 13.4. The van der Waals surface area contributed by atoms with Crippen LogP contribution >= 0.6 is 0 Å². The molecule has 0 bridgehead atoms. The van der Waals surface area contributed by atoms with Gasteiger partial charge in [0.05, 0.1) is 6.54 Å². The van der Waals surface area contributed by atoms with E-state index >= 15 is 0 Å². The Bertz CT molecular complexity index is 596. The summed E-state index contributed by atoms with van der Waals surface area (Å²) in [6.45, 7) is 0.487. The minimum absolute atomic E-state index is 0.293. The Morgan fingerprint density at radius 2 is 2.05 bits per heavy atom. The molecule has 0 radical (unpaired) electrons. The second kappa shape index (κ2) is 5.05. The summed E-state index contributed by atoms with van der Waals surface area (Å²) in [5.41, 5.74) is 0.934. The van der Waals surface area contributed by atoms with Gasteiger partial charge in [0.25, 0.3) is 0 Å². The first-order chi connectivity index (χ1) is 9.25. The lowest BCUT2D eigenvalue weighted by Crippen LogP contribution is -2.25. The van der Waals surface area contributed by atoms with Crippen LogP contribution in [0, 0.1) is 0 Å². The van der Waals surface area contributed by atoms with E-state index in [-0.39, 0.29) is 0 Å². The number of para-hydroxylation sites is 1. The maximum Gasteiger partial charge on any atom is 0.339 e. The molecule has 0 saturated heterocycles.